The lowest BCUT2D eigenvalue weighted by molar-refractivity contribution is 0.0980. The second-order valence-corrected chi connectivity index (χ2v) is 3.45. The number of azide groups is 1. The van der Waals surface area contributed by atoms with Crippen LogP contribution in [0.15, 0.2) is 23.3 Å². The number of hydrogen-bond donors (Lipinski definition) is 0. The van der Waals surface area contributed by atoms with Gasteiger partial charge in [0.25, 0.3) is 0 Å². The van der Waals surface area contributed by atoms with Crippen LogP contribution in [0.4, 0.5) is 4.39 Å². The molecule has 16 heavy (non-hydrogen) atoms. The third kappa shape index (κ3) is 3.37. The molecular formula is C11H12FN3O. The molecule has 0 bridgehead atoms. The van der Waals surface area contributed by atoms with E-state index in [4.69, 9.17) is 5.53 Å². The lowest BCUT2D eigenvalue weighted by Crippen LogP contribution is -2.01. The molecule has 1 aromatic carbocycles. The standard InChI is InChI=1S/C11H12FN3O/c1-8-7-9(4-5-10(8)12)11(16)3-2-6-14-15-13/h4-5,7H,2-3,6H2,1H3. The van der Waals surface area contributed by atoms with Crippen LogP contribution in [0.1, 0.15) is 28.8 Å². The number of halogens is 1. The highest BCUT2D eigenvalue weighted by Crippen LogP contribution is 2.11. The number of nitrogens with zero attached hydrogens (tertiary/aromatic N) is 3. The SMILES string of the molecule is Cc1cc(C(=O)CCCN=[N+]=[N-])ccc1F. The number of ketones is 1. The van der Waals surface area contributed by atoms with Crippen LogP contribution < -0.4 is 0 Å². The smallest absolute Gasteiger partial charge is 0.162 e. The van der Waals surface area contributed by atoms with Crippen molar-refractivity contribution in [3.05, 3.63) is 45.6 Å². The minimum Gasteiger partial charge on any atom is -0.294 e. The normalized spacial score (nSPS) is 9.62. The van der Waals surface area contributed by atoms with Crippen molar-refractivity contribution in [2.45, 2.75) is 19.8 Å². The van der Waals surface area contributed by atoms with E-state index in [0.29, 0.717) is 30.5 Å². The Morgan fingerprint density at radius 2 is 2.31 bits per heavy atom. The van der Waals surface area contributed by atoms with E-state index < -0.39 is 0 Å². The largest absolute Gasteiger partial charge is 0.294 e. The van der Waals surface area contributed by atoms with Gasteiger partial charge in [-0.1, -0.05) is 5.11 Å². The molecule has 0 atom stereocenters. The van der Waals surface area contributed by atoms with Crippen LogP contribution in [0, 0.1) is 12.7 Å². The summed E-state index contributed by atoms with van der Waals surface area (Å²) in [6, 6.07) is 4.29. The molecule has 0 aliphatic heterocycles. The molecule has 0 aliphatic rings. The molecule has 0 heterocycles. The molecule has 0 unspecified atom stereocenters. The molecule has 0 amide bonds. The average molecular weight is 221 g/mol. The highest BCUT2D eigenvalue weighted by Gasteiger charge is 2.07. The van der Waals surface area contributed by atoms with Crippen molar-refractivity contribution >= 4 is 5.78 Å². The van der Waals surface area contributed by atoms with Crippen LogP contribution >= 0.6 is 0 Å². The Kier molecular flexibility index (Phi) is 4.48. The van der Waals surface area contributed by atoms with Gasteiger partial charge in [-0.15, -0.1) is 0 Å². The van der Waals surface area contributed by atoms with Gasteiger partial charge in [0, 0.05) is 23.4 Å². The van der Waals surface area contributed by atoms with Gasteiger partial charge in [0.15, 0.2) is 5.78 Å². The second-order valence-electron chi connectivity index (χ2n) is 3.45. The molecule has 0 aliphatic carbocycles. The predicted octanol–water partition coefficient (Wildman–Crippen LogP) is 3.41. The molecule has 0 fully saturated rings. The van der Waals surface area contributed by atoms with Gasteiger partial charge in [-0.2, -0.15) is 0 Å². The summed E-state index contributed by atoms with van der Waals surface area (Å²) in [6.45, 7) is 1.93. The Labute approximate surface area is 92.7 Å². The van der Waals surface area contributed by atoms with Gasteiger partial charge in [-0.3, -0.25) is 4.79 Å². The maximum Gasteiger partial charge on any atom is 0.162 e. The summed E-state index contributed by atoms with van der Waals surface area (Å²) >= 11 is 0. The molecule has 0 N–H and O–H groups in total. The number of rotatable bonds is 5. The minimum atomic E-state index is -0.314. The van der Waals surface area contributed by atoms with Crippen LogP contribution in [-0.4, -0.2) is 12.3 Å². The number of benzene rings is 1. The number of carbonyl (C=O) groups is 1. The Balaban J connectivity index is 2.59. The van der Waals surface area contributed by atoms with Crippen molar-refractivity contribution in [3.8, 4) is 0 Å². The van der Waals surface area contributed by atoms with E-state index in [1.54, 1.807) is 6.92 Å². The molecule has 5 heteroatoms. The van der Waals surface area contributed by atoms with Crippen molar-refractivity contribution in [2.24, 2.45) is 5.11 Å². The van der Waals surface area contributed by atoms with Gasteiger partial charge < -0.3 is 0 Å². The maximum absolute atomic E-state index is 12.9. The molecule has 1 rings (SSSR count). The van der Waals surface area contributed by atoms with Crippen molar-refractivity contribution in [1.82, 2.24) is 0 Å². The molecule has 0 saturated carbocycles. The van der Waals surface area contributed by atoms with Crippen molar-refractivity contribution < 1.29 is 9.18 Å². The fraction of sp³-hybridized carbons (Fsp3) is 0.364. The third-order valence-electron chi connectivity index (χ3n) is 2.21. The first-order valence-electron chi connectivity index (χ1n) is 4.95. The molecule has 84 valence electrons. The number of Topliss-reactive ketones (excluding diaryl/α,β-unsaturated/α-hetero) is 1. The van der Waals surface area contributed by atoms with Crippen LogP contribution in [0.5, 0.6) is 0 Å². The van der Waals surface area contributed by atoms with Crippen molar-refractivity contribution in [1.29, 1.82) is 0 Å². The fourth-order valence-corrected chi connectivity index (χ4v) is 1.32. The van der Waals surface area contributed by atoms with E-state index in [0.717, 1.165) is 0 Å². The van der Waals surface area contributed by atoms with Gasteiger partial charge in [-0.05, 0) is 42.6 Å². The predicted molar refractivity (Wildman–Crippen MR) is 58.7 cm³/mol. The molecule has 1 aromatic rings. The summed E-state index contributed by atoms with van der Waals surface area (Å²) < 4.78 is 12.9. The summed E-state index contributed by atoms with van der Waals surface area (Å²) in [5.74, 6) is -0.373. The molecule has 0 spiro atoms. The summed E-state index contributed by atoms with van der Waals surface area (Å²) in [4.78, 5) is 14.2. The molecule has 4 nitrogen and oxygen atoms in total. The Hall–Kier alpha value is -1.87. The molecular weight excluding hydrogens is 209 g/mol. The Morgan fingerprint density at radius 1 is 1.56 bits per heavy atom. The van der Waals surface area contributed by atoms with E-state index in [-0.39, 0.29) is 11.6 Å². The van der Waals surface area contributed by atoms with Crippen LogP contribution in [-0.2, 0) is 0 Å². The number of hydrogen-bond acceptors (Lipinski definition) is 2. The van der Waals surface area contributed by atoms with Gasteiger partial charge in [0.2, 0.25) is 0 Å². The fourth-order valence-electron chi connectivity index (χ4n) is 1.32. The van der Waals surface area contributed by atoms with Gasteiger partial charge in [0.1, 0.15) is 5.82 Å². The first-order chi connectivity index (χ1) is 7.65. The average Bonchev–Trinajstić information content (AvgIpc) is 2.28. The van der Waals surface area contributed by atoms with Crippen molar-refractivity contribution in [3.63, 3.8) is 0 Å². The number of carbonyl (C=O) groups excluding carboxylic acids is 1. The zero-order valence-electron chi connectivity index (χ0n) is 8.98. The summed E-state index contributed by atoms with van der Waals surface area (Å²) in [5, 5.41) is 3.34. The van der Waals surface area contributed by atoms with E-state index in [2.05, 4.69) is 10.0 Å². The zero-order valence-corrected chi connectivity index (χ0v) is 8.98. The maximum atomic E-state index is 12.9. The zero-order chi connectivity index (χ0) is 12.0. The second kappa shape index (κ2) is 5.88. The molecule has 0 aromatic heterocycles. The monoisotopic (exact) mass is 221 g/mol. The topological polar surface area (TPSA) is 65.8 Å². The van der Waals surface area contributed by atoms with Crippen LogP contribution in [0.2, 0.25) is 0 Å². The quantitative estimate of drug-likeness (QED) is 0.247. The van der Waals surface area contributed by atoms with Crippen LogP contribution in [0.25, 0.3) is 10.4 Å². The molecule has 0 saturated heterocycles. The van der Waals surface area contributed by atoms with E-state index in [9.17, 15) is 9.18 Å². The van der Waals surface area contributed by atoms with Gasteiger partial charge in [-0.25, -0.2) is 4.39 Å². The van der Waals surface area contributed by atoms with Gasteiger partial charge >= 0.3 is 0 Å². The number of aryl methyl sites for hydroxylation is 1. The van der Waals surface area contributed by atoms with E-state index >= 15 is 0 Å². The van der Waals surface area contributed by atoms with Crippen LogP contribution in [0.3, 0.4) is 0 Å². The summed E-state index contributed by atoms with van der Waals surface area (Å²) in [5.41, 5.74) is 9.01. The van der Waals surface area contributed by atoms with E-state index in [1.165, 1.54) is 18.2 Å². The lowest BCUT2D eigenvalue weighted by Gasteiger charge is -2.02. The highest BCUT2D eigenvalue weighted by molar-refractivity contribution is 5.96. The Morgan fingerprint density at radius 3 is 2.94 bits per heavy atom. The third-order valence-corrected chi connectivity index (χ3v) is 2.21. The first-order valence-corrected chi connectivity index (χ1v) is 4.95. The minimum absolute atomic E-state index is 0.0590. The highest BCUT2D eigenvalue weighted by atomic mass is 19.1. The van der Waals surface area contributed by atoms with Crippen molar-refractivity contribution in [2.75, 3.05) is 6.54 Å². The Bertz CT molecular complexity index is 439. The first kappa shape index (κ1) is 12.2. The lowest BCUT2D eigenvalue weighted by atomic mass is 10.0. The van der Waals surface area contributed by atoms with Gasteiger partial charge in [0.05, 0.1) is 0 Å². The summed E-state index contributed by atoms with van der Waals surface area (Å²) in [7, 11) is 0. The van der Waals surface area contributed by atoms with E-state index in [1.807, 2.05) is 0 Å². The summed E-state index contributed by atoms with van der Waals surface area (Å²) in [6.07, 6.45) is 0.823. The molecule has 0 radical (unpaired) electrons.